The summed E-state index contributed by atoms with van der Waals surface area (Å²) in [7, 11) is -3.47. The Balaban J connectivity index is 0.000000178. The molecular formula is C37H51N5O6S2. The highest BCUT2D eigenvalue weighted by Crippen LogP contribution is 2.44. The lowest BCUT2D eigenvalue weighted by atomic mass is 10.1. The summed E-state index contributed by atoms with van der Waals surface area (Å²) < 4.78 is 26.5. The van der Waals surface area contributed by atoms with Gasteiger partial charge in [0.1, 0.15) is 6.04 Å². The quantitative estimate of drug-likeness (QED) is 0.133. The van der Waals surface area contributed by atoms with Gasteiger partial charge in [0.15, 0.2) is 0 Å². The van der Waals surface area contributed by atoms with Crippen LogP contribution in [0, 0.1) is 11.8 Å². The van der Waals surface area contributed by atoms with E-state index >= 15 is 0 Å². The van der Waals surface area contributed by atoms with Gasteiger partial charge < -0.3 is 20.9 Å². The van der Waals surface area contributed by atoms with Crippen molar-refractivity contribution in [3.63, 3.8) is 0 Å². The lowest BCUT2D eigenvalue weighted by Gasteiger charge is -2.22. The number of aromatic amines is 1. The monoisotopic (exact) mass is 725 g/mol. The number of para-hydroxylation sites is 1. The number of likely N-dealkylation sites (tertiary alicyclic amines) is 1. The first-order chi connectivity index (χ1) is 23.9. The zero-order valence-electron chi connectivity index (χ0n) is 29.3. The van der Waals surface area contributed by atoms with Crippen LogP contribution in [-0.2, 0) is 30.8 Å². The molecule has 2 heterocycles. The number of thiazole rings is 1. The fraction of sp³-hybridized carbons (Fsp3) is 0.514. The molecule has 3 amide bonds. The number of nitrogens with one attached hydrogen (secondary N) is 3. The van der Waals surface area contributed by atoms with Gasteiger partial charge in [-0.05, 0) is 94.0 Å². The molecule has 3 fully saturated rings. The van der Waals surface area contributed by atoms with Crippen molar-refractivity contribution < 1.29 is 22.8 Å². The Hall–Kier alpha value is -3.97. The van der Waals surface area contributed by atoms with Crippen LogP contribution in [-0.4, -0.2) is 59.9 Å². The highest BCUT2D eigenvalue weighted by Gasteiger charge is 2.52. The van der Waals surface area contributed by atoms with Gasteiger partial charge >= 0.3 is 4.87 Å². The number of nitrogens with zero attached hydrogens (tertiary/aromatic N) is 1. The van der Waals surface area contributed by atoms with E-state index < -0.39 is 26.7 Å². The number of hydrogen-bond acceptors (Lipinski definition) is 8. The number of H-pyrrole nitrogens is 1. The molecule has 3 unspecified atom stereocenters. The number of aryl methyl sites for hydroxylation is 1. The zero-order chi connectivity index (χ0) is 36.3. The van der Waals surface area contributed by atoms with E-state index in [2.05, 4.69) is 47.1 Å². The summed E-state index contributed by atoms with van der Waals surface area (Å²) in [6.45, 7) is 6.76. The summed E-state index contributed by atoms with van der Waals surface area (Å²) in [5, 5.41) is 3.11. The summed E-state index contributed by atoms with van der Waals surface area (Å²) in [5.41, 5.74) is 8.39. The first-order valence-electron chi connectivity index (χ1n) is 17.6. The van der Waals surface area contributed by atoms with Crippen LogP contribution < -0.4 is 20.6 Å². The molecule has 2 saturated carbocycles. The number of anilines is 1. The van der Waals surface area contributed by atoms with E-state index in [0.717, 1.165) is 41.6 Å². The van der Waals surface area contributed by atoms with E-state index in [1.165, 1.54) is 36.2 Å². The second kappa shape index (κ2) is 17.8. The van der Waals surface area contributed by atoms with Crippen LogP contribution in [0.5, 0.6) is 0 Å². The maximum atomic E-state index is 12.1. The van der Waals surface area contributed by atoms with Crippen LogP contribution in [0.3, 0.4) is 0 Å². The topological polar surface area (TPSA) is 172 Å². The normalized spacial score (nSPS) is 20.3. The molecule has 2 aliphatic carbocycles. The molecule has 1 saturated heterocycles. The molecule has 50 heavy (non-hydrogen) atoms. The number of nitrogens with two attached hydrogens (primary N) is 1. The maximum Gasteiger partial charge on any atom is 0.305 e. The third-order valence-electron chi connectivity index (χ3n) is 9.38. The largest absolute Gasteiger partial charge is 0.376 e. The van der Waals surface area contributed by atoms with Crippen LogP contribution in [0.15, 0.2) is 65.5 Å². The first-order valence-corrected chi connectivity index (χ1v) is 19.9. The third-order valence-corrected chi connectivity index (χ3v) is 12.4. The Labute approximate surface area is 299 Å². The molecule has 0 spiro atoms. The lowest BCUT2D eigenvalue weighted by Crippen LogP contribution is -2.45. The van der Waals surface area contributed by atoms with Crippen molar-refractivity contribution in [1.29, 1.82) is 0 Å². The van der Waals surface area contributed by atoms with Gasteiger partial charge in [0, 0.05) is 18.2 Å². The average Bonchev–Trinajstić information content (AvgIpc) is 3.94. The number of carbonyl (C=O) groups is 3. The summed E-state index contributed by atoms with van der Waals surface area (Å²) in [6, 6.07) is 15.2. The summed E-state index contributed by atoms with van der Waals surface area (Å²) in [5.74, 6) is -0.716. The van der Waals surface area contributed by atoms with Crippen LogP contribution in [0.4, 0.5) is 5.69 Å². The Morgan fingerprint density at radius 1 is 1.10 bits per heavy atom. The number of amides is 3. The van der Waals surface area contributed by atoms with Crippen LogP contribution >= 0.6 is 11.3 Å². The molecule has 11 nitrogen and oxygen atoms in total. The van der Waals surface area contributed by atoms with Gasteiger partial charge in [-0.25, -0.2) is 8.42 Å². The van der Waals surface area contributed by atoms with Gasteiger partial charge in [-0.1, -0.05) is 74.4 Å². The highest BCUT2D eigenvalue weighted by atomic mass is 32.2. The molecule has 13 heteroatoms. The highest BCUT2D eigenvalue weighted by molar-refractivity contribution is 7.91. The third kappa shape index (κ3) is 11.0. The number of aromatic nitrogens is 1. The number of allylic oxidation sites excluding steroid dienone is 2. The molecule has 1 aliphatic heterocycles. The van der Waals surface area contributed by atoms with E-state index in [1.807, 2.05) is 42.5 Å². The predicted octanol–water partition coefficient (Wildman–Crippen LogP) is 5.48. The fourth-order valence-electron chi connectivity index (χ4n) is 5.72. The summed E-state index contributed by atoms with van der Waals surface area (Å²) in [4.78, 5) is 50.4. The van der Waals surface area contributed by atoms with E-state index in [4.69, 9.17) is 5.73 Å². The molecule has 2 aromatic carbocycles. The Bertz CT molecular complexity index is 1780. The molecule has 0 bridgehead atoms. The SMILES string of the molecule is CCCCC/C=C\C1CC1C(=O)NS(=O)(=O)C1(C)CC1.CCc1cccc(NCC(=O)N2CCCC2C(N)=O)c1.O=c1[nH]c2ccccc2s1. The standard InChI is InChI=1S/C15H21N3O2.C15H25NO3S.C7H5NOS/c1-2-11-5-3-6-12(9-11)17-10-14(19)18-8-4-7-13(18)15(16)20;1-3-4-5-6-7-8-12-11-13(12)14(17)16-20(18,19)15(2)9-10-15;9-7-8-5-3-1-2-4-6(5)10-7/h3,5-6,9,13,17H,2,4,7-8,10H2,1H3,(H2,16,20);7-8,12-13H,3-6,9-11H2,1-2H3,(H,16,17);1-4H,(H,8,9)/b;8-7-;. The Morgan fingerprint density at radius 2 is 1.86 bits per heavy atom. The molecular weight excluding hydrogens is 675 g/mol. The second-order valence-corrected chi connectivity index (χ2v) is 16.6. The van der Waals surface area contributed by atoms with E-state index in [9.17, 15) is 27.6 Å². The Morgan fingerprint density at radius 3 is 2.54 bits per heavy atom. The summed E-state index contributed by atoms with van der Waals surface area (Å²) >= 11 is 1.24. The van der Waals surface area contributed by atoms with Gasteiger partial charge in [-0.15, -0.1) is 0 Å². The van der Waals surface area contributed by atoms with Gasteiger partial charge in [0.2, 0.25) is 27.7 Å². The van der Waals surface area contributed by atoms with Crippen molar-refractivity contribution in [3.8, 4) is 0 Å². The molecule has 272 valence electrons. The van der Waals surface area contributed by atoms with Gasteiger partial charge in [0.25, 0.3) is 0 Å². The number of fused-ring (bicyclic) bond motifs is 1. The van der Waals surface area contributed by atoms with Crippen LogP contribution in [0.2, 0.25) is 0 Å². The van der Waals surface area contributed by atoms with Crippen molar-refractivity contribution >= 4 is 55.0 Å². The van der Waals surface area contributed by atoms with Crippen LogP contribution in [0.1, 0.15) is 84.1 Å². The number of sulfonamides is 1. The van der Waals surface area contributed by atoms with Gasteiger partial charge in [-0.3, -0.25) is 23.9 Å². The van der Waals surface area contributed by atoms with Crippen molar-refractivity contribution in [3.05, 3.63) is 75.9 Å². The molecule has 5 N–H and O–H groups in total. The maximum absolute atomic E-state index is 12.1. The number of rotatable bonds is 13. The molecule has 3 aliphatic rings. The minimum atomic E-state index is -3.47. The van der Waals surface area contributed by atoms with Crippen LogP contribution in [0.25, 0.3) is 10.2 Å². The second-order valence-electron chi connectivity index (χ2n) is 13.4. The van der Waals surface area contributed by atoms with Gasteiger partial charge in [-0.2, -0.15) is 0 Å². The van der Waals surface area contributed by atoms with Crippen molar-refractivity contribution in [2.75, 3.05) is 18.4 Å². The fourth-order valence-corrected chi connectivity index (χ4v) is 7.76. The molecule has 0 radical (unpaired) electrons. The Kier molecular flexibility index (Phi) is 13.8. The number of carbonyl (C=O) groups excluding carboxylic acids is 3. The minimum absolute atomic E-state index is 0.0150. The molecule has 1 aromatic heterocycles. The number of hydrogen-bond donors (Lipinski definition) is 4. The average molecular weight is 726 g/mol. The van der Waals surface area contributed by atoms with Crippen molar-refractivity contribution in [2.24, 2.45) is 17.6 Å². The zero-order valence-corrected chi connectivity index (χ0v) is 30.9. The number of benzene rings is 2. The van der Waals surface area contributed by atoms with Crippen molar-refractivity contribution in [1.82, 2.24) is 14.6 Å². The lowest BCUT2D eigenvalue weighted by molar-refractivity contribution is -0.135. The number of unbranched alkanes of at least 4 members (excludes halogenated alkanes) is 3. The summed E-state index contributed by atoms with van der Waals surface area (Å²) in [6.07, 6.45) is 13.4. The smallest absolute Gasteiger partial charge is 0.305 e. The van der Waals surface area contributed by atoms with E-state index in [0.29, 0.717) is 25.8 Å². The predicted molar refractivity (Wildman–Crippen MR) is 200 cm³/mol. The van der Waals surface area contributed by atoms with E-state index in [1.54, 1.807) is 11.8 Å². The number of primary amides is 1. The van der Waals surface area contributed by atoms with Gasteiger partial charge in [0.05, 0.1) is 21.5 Å². The van der Waals surface area contributed by atoms with Crippen molar-refractivity contribution in [2.45, 2.75) is 95.8 Å². The molecule has 3 aromatic rings. The minimum Gasteiger partial charge on any atom is -0.376 e. The van der Waals surface area contributed by atoms with E-state index in [-0.39, 0.29) is 35.1 Å². The molecule has 3 atom stereocenters. The molecule has 6 rings (SSSR count). The first kappa shape index (κ1) is 38.8.